The molecule has 0 unspecified atom stereocenters. The van der Waals surface area contributed by atoms with Crippen molar-refractivity contribution in [1.82, 2.24) is 5.32 Å². The van der Waals surface area contributed by atoms with Crippen molar-refractivity contribution in [3.63, 3.8) is 0 Å². The van der Waals surface area contributed by atoms with Crippen LogP contribution in [-0.4, -0.2) is 23.5 Å². The quantitative estimate of drug-likeness (QED) is 0.814. The van der Waals surface area contributed by atoms with Gasteiger partial charge in [-0.15, -0.1) is 0 Å². The highest BCUT2D eigenvalue weighted by molar-refractivity contribution is 5.94. The highest BCUT2D eigenvalue weighted by atomic mass is 19.1. The predicted octanol–water partition coefficient (Wildman–Crippen LogP) is 1.17. The summed E-state index contributed by atoms with van der Waals surface area (Å²) in [6.07, 6.45) is -0.246. The number of rotatable bonds is 4. The fourth-order valence-electron chi connectivity index (χ4n) is 1.07. The lowest BCUT2D eigenvalue weighted by atomic mass is 10.2. The number of benzene rings is 1. The molecule has 4 nitrogen and oxygen atoms in total. The number of halogens is 2. The summed E-state index contributed by atoms with van der Waals surface area (Å²) in [5.74, 6) is -3.49. The van der Waals surface area contributed by atoms with E-state index in [1.807, 2.05) is 0 Å². The summed E-state index contributed by atoms with van der Waals surface area (Å²) in [5.41, 5.74) is -0.178. The van der Waals surface area contributed by atoms with Gasteiger partial charge in [0.05, 0.1) is 6.42 Å². The van der Waals surface area contributed by atoms with Crippen molar-refractivity contribution in [3.05, 3.63) is 35.4 Å². The van der Waals surface area contributed by atoms with E-state index in [2.05, 4.69) is 5.32 Å². The minimum atomic E-state index is -1.06. The first-order valence-corrected chi connectivity index (χ1v) is 4.45. The second kappa shape index (κ2) is 5.20. The summed E-state index contributed by atoms with van der Waals surface area (Å²) in [6.45, 7) is -0.0910. The molecule has 0 aliphatic carbocycles. The third-order valence-electron chi connectivity index (χ3n) is 1.75. The molecule has 1 rings (SSSR count). The Kier molecular flexibility index (Phi) is 3.93. The number of hydrogen-bond donors (Lipinski definition) is 2. The molecule has 0 saturated carbocycles. The maximum Gasteiger partial charge on any atom is 0.305 e. The molecule has 0 heterocycles. The van der Waals surface area contributed by atoms with Crippen LogP contribution in [0.25, 0.3) is 0 Å². The van der Waals surface area contributed by atoms with Crippen molar-refractivity contribution in [1.29, 1.82) is 0 Å². The highest BCUT2D eigenvalue weighted by Gasteiger charge is 2.09. The molecule has 6 heteroatoms. The summed E-state index contributed by atoms with van der Waals surface area (Å²) in [6, 6.07) is 2.40. The second-order valence-electron chi connectivity index (χ2n) is 3.06. The maximum atomic E-state index is 12.7. The van der Waals surface area contributed by atoms with Gasteiger partial charge in [-0.05, 0) is 12.1 Å². The lowest BCUT2D eigenvalue weighted by Crippen LogP contribution is -2.26. The molecule has 0 fully saturated rings. The van der Waals surface area contributed by atoms with Crippen LogP contribution in [0.4, 0.5) is 8.78 Å². The average molecular weight is 229 g/mol. The smallest absolute Gasteiger partial charge is 0.305 e. The molecule has 0 aromatic heterocycles. The lowest BCUT2D eigenvalue weighted by molar-refractivity contribution is -0.136. The molecule has 0 spiro atoms. The molecule has 0 aliphatic rings. The molecule has 0 aliphatic heterocycles. The third kappa shape index (κ3) is 3.64. The summed E-state index contributed by atoms with van der Waals surface area (Å²) in [7, 11) is 0. The molecule has 0 atom stereocenters. The molecule has 1 aromatic rings. The van der Waals surface area contributed by atoms with Crippen LogP contribution in [0.3, 0.4) is 0 Å². The van der Waals surface area contributed by atoms with Crippen molar-refractivity contribution in [2.45, 2.75) is 6.42 Å². The Hall–Kier alpha value is -1.98. The van der Waals surface area contributed by atoms with E-state index in [1.165, 1.54) is 0 Å². The second-order valence-corrected chi connectivity index (χ2v) is 3.06. The van der Waals surface area contributed by atoms with E-state index < -0.39 is 23.5 Å². The van der Waals surface area contributed by atoms with E-state index in [-0.39, 0.29) is 18.5 Å². The monoisotopic (exact) mass is 229 g/mol. The molecule has 0 radical (unpaired) electrons. The van der Waals surface area contributed by atoms with Gasteiger partial charge in [0.15, 0.2) is 0 Å². The van der Waals surface area contributed by atoms with Gasteiger partial charge in [0.1, 0.15) is 11.6 Å². The molecule has 1 aromatic carbocycles. The van der Waals surface area contributed by atoms with Gasteiger partial charge in [-0.1, -0.05) is 0 Å². The Morgan fingerprint density at radius 2 is 1.75 bits per heavy atom. The fourth-order valence-corrected chi connectivity index (χ4v) is 1.07. The molecule has 0 bridgehead atoms. The molecule has 1 amide bonds. The predicted molar refractivity (Wildman–Crippen MR) is 50.9 cm³/mol. The van der Waals surface area contributed by atoms with Crippen LogP contribution in [0.2, 0.25) is 0 Å². The van der Waals surface area contributed by atoms with Gasteiger partial charge in [-0.25, -0.2) is 8.78 Å². The first-order valence-electron chi connectivity index (χ1n) is 4.45. The van der Waals surface area contributed by atoms with Crippen molar-refractivity contribution in [2.24, 2.45) is 0 Å². The van der Waals surface area contributed by atoms with Gasteiger partial charge in [0, 0.05) is 18.2 Å². The van der Waals surface area contributed by atoms with Crippen molar-refractivity contribution >= 4 is 11.9 Å². The van der Waals surface area contributed by atoms with Crippen molar-refractivity contribution < 1.29 is 23.5 Å². The first kappa shape index (κ1) is 12.1. The summed E-state index contributed by atoms with van der Waals surface area (Å²) in [4.78, 5) is 21.4. The number of carbonyl (C=O) groups is 2. The lowest BCUT2D eigenvalue weighted by Gasteiger charge is -2.03. The largest absolute Gasteiger partial charge is 0.481 e. The molecule has 0 saturated heterocycles. The molecule has 16 heavy (non-hydrogen) atoms. The van der Waals surface area contributed by atoms with E-state index in [0.717, 1.165) is 12.1 Å². The van der Waals surface area contributed by atoms with Crippen LogP contribution >= 0.6 is 0 Å². The number of carbonyl (C=O) groups excluding carboxylic acids is 1. The van der Waals surface area contributed by atoms with Gasteiger partial charge < -0.3 is 10.4 Å². The van der Waals surface area contributed by atoms with Crippen molar-refractivity contribution in [3.8, 4) is 0 Å². The van der Waals surface area contributed by atoms with E-state index in [1.54, 1.807) is 0 Å². The number of carboxylic acid groups (broad SMARTS) is 1. The van der Waals surface area contributed by atoms with Crippen LogP contribution in [0, 0.1) is 11.6 Å². The van der Waals surface area contributed by atoms with Gasteiger partial charge in [-0.3, -0.25) is 9.59 Å². The van der Waals surface area contributed by atoms with Gasteiger partial charge >= 0.3 is 5.97 Å². The van der Waals surface area contributed by atoms with Crippen LogP contribution in [0.5, 0.6) is 0 Å². The Morgan fingerprint density at radius 3 is 2.25 bits per heavy atom. The number of aliphatic carboxylic acids is 1. The SMILES string of the molecule is O=C(O)CCNC(=O)c1cc(F)cc(F)c1. The number of nitrogens with one attached hydrogen (secondary N) is 1. The normalized spacial score (nSPS) is 9.88. The zero-order valence-electron chi connectivity index (χ0n) is 8.17. The summed E-state index contributed by atoms with van der Waals surface area (Å²) in [5, 5.41) is 10.5. The van der Waals surface area contributed by atoms with Crippen LogP contribution < -0.4 is 5.32 Å². The number of carboxylic acids is 1. The Morgan fingerprint density at radius 1 is 1.19 bits per heavy atom. The van der Waals surface area contributed by atoms with Gasteiger partial charge in [0.25, 0.3) is 5.91 Å². The minimum Gasteiger partial charge on any atom is -0.481 e. The van der Waals surface area contributed by atoms with Gasteiger partial charge in [-0.2, -0.15) is 0 Å². The summed E-state index contributed by atoms with van der Waals surface area (Å²) >= 11 is 0. The zero-order valence-corrected chi connectivity index (χ0v) is 8.17. The molecular formula is C10H9F2NO3. The fraction of sp³-hybridized carbons (Fsp3) is 0.200. The Balaban J connectivity index is 2.62. The average Bonchev–Trinajstić information content (AvgIpc) is 2.15. The number of hydrogen-bond acceptors (Lipinski definition) is 2. The van der Waals surface area contributed by atoms with E-state index in [9.17, 15) is 18.4 Å². The standard InChI is InChI=1S/C10H9F2NO3/c11-7-3-6(4-8(12)5-7)10(16)13-2-1-9(14)15/h3-5H,1-2H2,(H,13,16)(H,14,15). The summed E-state index contributed by atoms with van der Waals surface area (Å²) < 4.78 is 25.4. The van der Waals surface area contributed by atoms with Gasteiger partial charge in [0.2, 0.25) is 0 Å². The van der Waals surface area contributed by atoms with Crippen LogP contribution in [0.15, 0.2) is 18.2 Å². The minimum absolute atomic E-state index is 0.0910. The third-order valence-corrected chi connectivity index (χ3v) is 1.75. The Labute approximate surface area is 89.9 Å². The van der Waals surface area contributed by atoms with Crippen LogP contribution in [0.1, 0.15) is 16.8 Å². The van der Waals surface area contributed by atoms with Crippen LogP contribution in [-0.2, 0) is 4.79 Å². The topological polar surface area (TPSA) is 66.4 Å². The molecule has 86 valence electrons. The van der Waals surface area contributed by atoms with E-state index >= 15 is 0 Å². The Bertz CT molecular complexity index is 400. The number of amides is 1. The van der Waals surface area contributed by atoms with E-state index in [0.29, 0.717) is 6.07 Å². The van der Waals surface area contributed by atoms with E-state index in [4.69, 9.17) is 5.11 Å². The first-order chi connectivity index (χ1) is 7.49. The van der Waals surface area contributed by atoms with Crippen molar-refractivity contribution in [2.75, 3.05) is 6.54 Å². The zero-order chi connectivity index (χ0) is 12.1. The molecular weight excluding hydrogens is 220 g/mol. The maximum absolute atomic E-state index is 12.7. The molecule has 2 N–H and O–H groups in total. The highest BCUT2D eigenvalue weighted by Crippen LogP contribution is 2.07.